The fourth-order valence-electron chi connectivity index (χ4n) is 1.36. The predicted octanol–water partition coefficient (Wildman–Crippen LogP) is 2.59. The Morgan fingerprint density at radius 1 is 1.33 bits per heavy atom. The van der Waals surface area contributed by atoms with Crippen molar-refractivity contribution in [2.24, 2.45) is 5.73 Å². The maximum absolute atomic E-state index is 13.2. The minimum Gasteiger partial charge on any atom is -0.327 e. The van der Waals surface area contributed by atoms with E-state index in [1.54, 1.807) is 11.8 Å². The lowest BCUT2D eigenvalue weighted by atomic mass is 10.0. The summed E-state index contributed by atoms with van der Waals surface area (Å²) in [5, 5.41) is 0. The van der Waals surface area contributed by atoms with Crippen molar-refractivity contribution in [1.82, 2.24) is 0 Å². The molecule has 84 valence electrons. The van der Waals surface area contributed by atoms with Crippen LogP contribution in [-0.2, 0) is 6.42 Å². The van der Waals surface area contributed by atoms with Crippen LogP contribution >= 0.6 is 11.8 Å². The lowest BCUT2D eigenvalue weighted by molar-refractivity contribution is 0.531. The van der Waals surface area contributed by atoms with Gasteiger partial charge in [-0.2, -0.15) is 11.8 Å². The number of thioether (sulfide) groups is 1. The molecule has 1 atom stereocenters. The fraction of sp³-hybridized carbons (Fsp3) is 0.455. The molecule has 0 amide bonds. The van der Waals surface area contributed by atoms with Crippen LogP contribution in [0, 0.1) is 11.6 Å². The van der Waals surface area contributed by atoms with Crippen LogP contribution in [0.15, 0.2) is 18.2 Å². The van der Waals surface area contributed by atoms with Crippen molar-refractivity contribution in [2.45, 2.75) is 18.9 Å². The predicted molar refractivity (Wildman–Crippen MR) is 61.0 cm³/mol. The van der Waals surface area contributed by atoms with Crippen molar-refractivity contribution in [2.75, 3.05) is 12.0 Å². The maximum atomic E-state index is 13.2. The van der Waals surface area contributed by atoms with E-state index in [9.17, 15) is 8.78 Å². The topological polar surface area (TPSA) is 26.0 Å². The van der Waals surface area contributed by atoms with Crippen LogP contribution in [0.25, 0.3) is 0 Å². The highest BCUT2D eigenvalue weighted by atomic mass is 32.2. The van der Waals surface area contributed by atoms with Crippen LogP contribution in [0.5, 0.6) is 0 Å². The number of rotatable bonds is 5. The molecule has 2 N–H and O–H groups in total. The normalized spacial score (nSPS) is 12.8. The largest absolute Gasteiger partial charge is 0.327 e. The van der Waals surface area contributed by atoms with Gasteiger partial charge in [-0.05, 0) is 37.0 Å². The summed E-state index contributed by atoms with van der Waals surface area (Å²) < 4.78 is 26.5. The molecule has 0 saturated carbocycles. The summed E-state index contributed by atoms with van der Waals surface area (Å²) in [6.45, 7) is 0. The Kier molecular flexibility index (Phi) is 5.05. The van der Waals surface area contributed by atoms with Gasteiger partial charge in [-0.3, -0.25) is 0 Å². The summed E-state index contributed by atoms with van der Waals surface area (Å²) in [5.41, 5.74) is 5.89. The molecule has 0 radical (unpaired) electrons. The molecule has 1 aromatic carbocycles. The summed E-state index contributed by atoms with van der Waals surface area (Å²) in [4.78, 5) is 0. The Bertz CT molecular complexity index is 297. The van der Waals surface area contributed by atoms with E-state index in [1.807, 2.05) is 6.26 Å². The zero-order valence-corrected chi connectivity index (χ0v) is 9.49. The van der Waals surface area contributed by atoms with Crippen LogP contribution in [0.2, 0.25) is 0 Å². The van der Waals surface area contributed by atoms with E-state index in [4.69, 9.17) is 5.73 Å². The van der Waals surface area contributed by atoms with Gasteiger partial charge in [0.2, 0.25) is 0 Å². The van der Waals surface area contributed by atoms with Crippen LogP contribution in [0.4, 0.5) is 8.78 Å². The molecule has 0 spiro atoms. The zero-order chi connectivity index (χ0) is 11.3. The number of nitrogens with two attached hydrogens (primary N) is 1. The number of hydrogen-bond donors (Lipinski definition) is 1. The van der Waals surface area contributed by atoms with Crippen LogP contribution in [0.1, 0.15) is 12.0 Å². The highest BCUT2D eigenvalue weighted by Crippen LogP contribution is 2.15. The Morgan fingerprint density at radius 3 is 2.47 bits per heavy atom. The van der Waals surface area contributed by atoms with E-state index in [1.165, 1.54) is 18.2 Å². The molecule has 15 heavy (non-hydrogen) atoms. The minimum atomic E-state index is -0.505. The van der Waals surface area contributed by atoms with Gasteiger partial charge in [0.15, 0.2) is 0 Å². The second kappa shape index (κ2) is 6.08. The zero-order valence-electron chi connectivity index (χ0n) is 8.67. The van der Waals surface area contributed by atoms with Crippen molar-refractivity contribution < 1.29 is 8.78 Å². The summed E-state index contributed by atoms with van der Waals surface area (Å²) in [6.07, 6.45) is 3.02. The second-order valence-corrected chi connectivity index (χ2v) is 4.43. The number of hydrogen-bond acceptors (Lipinski definition) is 2. The van der Waals surface area contributed by atoms with Crippen LogP contribution in [0.3, 0.4) is 0 Å². The highest BCUT2D eigenvalue weighted by molar-refractivity contribution is 7.98. The molecule has 0 heterocycles. The van der Waals surface area contributed by atoms with E-state index >= 15 is 0 Å². The quantitative estimate of drug-likeness (QED) is 0.843. The molecule has 1 aromatic rings. The summed E-state index contributed by atoms with van der Waals surface area (Å²) in [5.74, 6) is -0.0961. The van der Waals surface area contributed by atoms with E-state index in [-0.39, 0.29) is 18.0 Å². The van der Waals surface area contributed by atoms with Crippen molar-refractivity contribution in [3.63, 3.8) is 0 Å². The van der Waals surface area contributed by atoms with Gasteiger partial charge in [-0.25, -0.2) is 8.78 Å². The first-order valence-electron chi connectivity index (χ1n) is 4.82. The third-order valence-electron chi connectivity index (χ3n) is 2.22. The first kappa shape index (κ1) is 12.5. The smallest absolute Gasteiger partial charge is 0.129 e. The van der Waals surface area contributed by atoms with Gasteiger partial charge in [0, 0.05) is 11.6 Å². The first-order valence-corrected chi connectivity index (χ1v) is 6.22. The monoisotopic (exact) mass is 231 g/mol. The second-order valence-electron chi connectivity index (χ2n) is 3.45. The van der Waals surface area contributed by atoms with Crippen molar-refractivity contribution in [3.8, 4) is 0 Å². The average Bonchev–Trinajstić information content (AvgIpc) is 2.21. The van der Waals surface area contributed by atoms with Crippen molar-refractivity contribution in [1.29, 1.82) is 0 Å². The molecule has 0 aliphatic rings. The molecular formula is C11H15F2NS. The fourth-order valence-corrected chi connectivity index (χ4v) is 1.90. The van der Waals surface area contributed by atoms with Crippen molar-refractivity contribution >= 4 is 11.8 Å². The Balaban J connectivity index is 2.63. The number of benzene rings is 1. The SMILES string of the molecule is CSCCC(N)Cc1c(F)cccc1F. The minimum absolute atomic E-state index is 0.103. The Hall–Kier alpha value is -0.610. The number of halogens is 2. The van der Waals surface area contributed by atoms with Gasteiger partial charge in [-0.1, -0.05) is 6.07 Å². The molecule has 0 fully saturated rings. The third kappa shape index (κ3) is 3.80. The molecule has 0 bridgehead atoms. The van der Waals surface area contributed by atoms with Crippen LogP contribution < -0.4 is 5.73 Å². The van der Waals surface area contributed by atoms with Gasteiger partial charge < -0.3 is 5.73 Å². The van der Waals surface area contributed by atoms with E-state index in [2.05, 4.69) is 0 Å². The molecule has 0 aliphatic carbocycles. The molecular weight excluding hydrogens is 216 g/mol. The molecule has 4 heteroatoms. The molecule has 0 saturated heterocycles. The average molecular weight is 231 g/mol. The molecule has 0 aromatic heterocycles. The lowest BCUT2D eigenvalue weighted by Gasteiger charge is -2.11. The summed E-state index contributed by atoms with van der Waals surface area (Å²) in [7, 11) is 0. The third-order valence-corrected chi connectivity index (χ3v) is 2.86. The van der Waals surface area contributed by atoms with E-state index < -0.39 is 11.6 Å². The first-order chi connectivity index (χ1) is 7.15. The Labute approximate surface area is 93.1 Å². The van der Waals surface area contributed by atoms with E-state index in [0.29, 0.717) is 0 Å². The van der Waals surface area contributed by atoms with Gasteiger partial charge in [-0.15, -0.1) is 0 Å². The summed E-state index contributed by atoms with van der Waals surface area (Å²) in [6, 6.07) is 3.71. The Morgan fingerprint density at radius 2 is 1.93 bits per heavy atom. The van der Waals surface area contributed by atoms with E-state index in [0.717, 1.165) is 12.2 Å². The van der Waals surface area contributed by atoms with Gasteiger partial charge >= 0.3 is 0 Å². The molecule has 1 rings (SSSR count). The summed E-state index contributed by atoms with van der Waals surface area (Å²) >= 11 is 1.68. The lowest BCUT2D eigenvalue weighted by Crippen LogP contribution is -2.24. The van der Waals surface area contributed by atoms with Gasteiger partial charge in [0.1, 0.15) is 11.6 Å². The van der Waals surface area contributed by atoms with Gasteiger partial charge in [0.25, 0.3) is 0 Å². The molecule has 1 nitrogen and oxygen atoms in total. The van der Waals surface area contributed by atoms with Crippen LogP contribution in [-0.4, -0.2) is 18.1 Å². The standard InChI is InChI=1S/C11H15F2NS/c1-15-6-5-8(14)7-9-10(12)3-2-4-11(9)13/h2-4,8H,5-7,14H2,1H3. The maximum Gasteiger partial charge on any atom is 0.129 e. The van der Waals surface area contributed by atoms with Gasteiger partial charge in [0.05, 0.1) is 0 Å². The van der Waals surface area contributed by atoms with Crippen molar-refractivity contribution in [3.05, 3.63) is 35.4 Å². The molecule has 1 unspecified atom stereocenters. The highest BCUT2D eigenvalue weighted by Gasteiger charge is 2.12. The molecule has 0 aliphatic heterocycles.